The third-order valence-corrected chi connectivity index (χ3v) is 4.34. The first-order valence-corrected chi connectivity index (χ1v) is 8.35. The van der Waals surface area contributed by atoms with E-state index < -0.39 is 11.9 Å². The first-order valence-electron chi connectivity index (χ1n) is 7.97. The Morgan fingerprint density at radius 1 is 1.26 bits per heavy atom. The zero-order chi connectivity index (χ0) is 19.6. The highest BCUT2D eigenvalue weighted by molar-refractivity contribution is 6.33. The molecule has 3 rings (SSSR count). The van der Waals surface area contributed by atoms with Crippen molar-refractivity contribution in [3.8, 4) is 5.69 Å². The third-order valence-electron chi connectivity index (χ3n) is 4.03. The molecule has 2 aromatic heterocycles. The Morgan fingerprint density at radius 3 is 2.67 bits per heavy atom. The van der Waals surface area contributed by atoms with Gasteiger partial charge in [-0.25, -0.2) is 10.2 Å². The summed E-state index contributed by atoms with van der Waals surface area (Å²) in [5.41, 5.74) is 5.75. The van der Waals surface area contributed by atoms with Crippen LogP contribution in [0.3, 0.4) is 0 Å². The number of furan rings is 1. The zero-order valence-electron chi connectivity index (χ0n) is 14.6. The van der Waals surface area contributed by atoms with Gasteiger partial charge in [0.05, 0.1) is 23.1 Å². The number of nitrogens with zero attached hydrogens (tertiary/aromatic N) is 2. The molecule has 138 valence electrons. The molecule has 0 saturated carbocycles. The Kier molecular flexibility index (Phi) is 5.14. The monoisotopic (exact) mass is 385 g/mol. The van der Waals surface area contributed by atoms with Crippen molar-refractivity contribution >= 4 is 29.7 Å². The zero-order valence-corrected chi connectivity index (χ0v) is 15.3. The molecule has 7 nitrogen and oxygen atoms in total. The van der Waals surface area contributed by atoms with Crippen LogP contribution in [0.5, 0.6) is 0 Å². The van der Waals surface area contributed by atoms with Crippen molar-refractivity contribution in [3.05, 3.63) is 76.0 Å². The number of aryl methyl sites for hydroxylation is 1. The molecule has 0 atom stereocenters. The molecule has 0 spiro atoms. The van der Waals surface area contributed by atoms with Gasteiger partial charge in [0.1, 0.15) is 0 Å². The molecule has 3 aromatic rings. The van der Waals surface area contributed by atoms with Crippen molar-refractivity contribution in [2.24, 2.45) is 5.10 Å². The van der Waals surface area contributed by atoms with E-state index in [2.05, 4.69) is 10.5 Å². The average molecular weight is 386 g/mol. The molecule has 0 saturated heterocycles. The van der Waals surface area contributed by atoms with Crippen LogP contribution in [0.2, 0.25) is 5.02 Å². The molecule has 0 bridgehead atoms. The summed E-state index contributed by atoms with van der Waals surface area (Å²) in [6, 6.07) is 9.82. The van der Waals surface area contributed by atoms with Crippen LogP contribution in [-0.4, -0.2) is 27.8 Å². The molecule has 1 amide bonds. The molecule has 0 aliphatic heterocycles. The fourth-order valence-corrected chi connectivity index (χ4v) is 3.01. The first kappa shape index (κ1) is 18.5. The van der Waals surface area contributed by atoms with E-state index in [1.54, 1.807) is 24.3 Å². The molecule has 1 aromatic carbocycles. The van der Waals surface area contributed by atoms with Gasteiger partial charge in [-0.1, -0.05) is 11.6 Å². The van der Waals surface area contributed by atoms with Crippen LogP contribution < -0.4 is 5.43 Å². The van der Waals surface area contributed by atoms with Crippen molar-refractivity contribution < 1.29 is 19.1 Å². The number of rotatable bonds is 5. The number of aromatic nitrogens is 1. The minimum Gasteiger partial charge on any atom is -0.478 e. The van der Waals surface area contributed by atoms with Crippen LogP contribution in [0.4, 0.5) is 0 Å². The molecule has 0 unspecified atom stereocenters. The highest BCUT2D eigenvalue weighted by Crippen LogP contribution is 2.24. The number of nitrogens with one attached hydrogen (secondary N) is 1. The quantitative estimate of drug-likeness (QED) is 0.515. The van der Waals surface area contributed by atoms with Crippen molar-refractivity contribution in [3.63, 3.8) is 0 Å². The first-order chi connectivity index (χ1) is 12.9. The van der Waals surface area contributed by atoms with Crippen molar-refractivity contribution in [2.75, 3.05) is 0 Å². The van der Waals surface area contributed by atoms with Crippen LogP contribution in [0.1, 0.15) is 37.9 Å². The second kappa shape index (κ2) is 7.51. The standard InChI is InChI=1S/C19H16ClN3O4/c1-11-8-13(10-21-22-18(24)17-4-3-7-27-17)12(2)23(11)14-5-6-15(19(25)26)16(20)9-14/h3-10H,1-2H3,(H,22,24)(H,25,26)/b21-10+. The fraction of sp³-hybridized carbons (Fsp3) is 0.105. The van der Waals surface area contributed by atoms with Gasteiger partial charge in [-0.15, -0.1) is 0 Å². The van der Waals surface area contributed by atoms with E-state index in [0.717, 1.165) is 22.6 Å². The largest absolute Gasteiger partial charge is 0.478 e. The van der Waals surface area contributed by atoms with Gasteiger partial charge < -0.3 is 14.1 Å². The number of carboxylic acids is 1. The number of hydrogen-bond donors (Lipinski definition) is 2. The lowest BCUT2D eigenvalue weighted by Gasteiger charge is -2.11. The van der Waals surface area contributed by atoms with Crippen LogP contribution in [0, 0.1) is 13.8 Å². The summed E-state index contributed by atoms with van der Waals surface area (Å²) in [5.74, 6) is -1.35. The Hall–Kier alpha value is -3.32. The van der Waals surface area contributed by atoms with Gasteiger partial charge in [-0.05, 0) is 50.2 Å². The van der Waals surface area contributed by atoms with Gasteiger partial charge >= 0.3 is 11.9 Å². The van der Waals surface area contributed by atoms with E-state index in [-0.39, 0.29) is 16.3 Å². The topological polar surface area (TPSA) is 96.8 Å². The number of benzene rings is 1. The molecule has 0 radical (unpaired) electrons. The SMILES string of the molecule is Cc1cc(/C=N/NC(=O)c2ccco2)c(C)n1-c1ccc(C(=O)O)c(Cl)c1. The van der Waals surface area contributed by atoms with Crippen LogP contribution in [0.15, 0.2) is 52.2 Å². The summed E-state index contributed by atoms with van der Waals surface area (Å²) < 4.78 is 6.92. The minimum absolute atomic E-state index is 0.0466. The molecule has 2 N–H and O–H groups in total. The third kappa shape index (κ3) is 3.78. The Bertz CT molecular complexity index is 1040. The lowest BCUT2D eigenvalue weighted by Crippen LogP contribution is -2.16. The Morgan fingerprint density at radius 2 is 2.04 bits per heavy atom. The van der Waals surface area contributed by atoms with E-state index >= 15 is 0 Å². The minimum atomic E-state index is -1.08. The fourth-order valence-electron chi connectivity index (χ4n) is 2.76. The number of amides is 1. The molecular formula is C19H16ClN3O4. The normalized spacial score (nSPS) is 11.1. The second-order valence-corrected chi connectivity index (χ2v) is 6.21. The average Bonchev–Trinajstić information content (AvgIpc) is 3.23. The van der Waals surface area contributed by atoms with Crippen molar-refractivity contribution in [1.82, 2.24) is 9.99 Å². The predicted octanol–water partition coefficient (Wildman–Crippen LogP) is 3.80. The lowest BCUT2D eigenvalue weighted by atomic mass is 10.2. The predicted molar refractivity (Wildman–Crippen MR) is 101 cm³/mol. The number of carbonyl (C=O) groups excluding carboxylic acids is 1. The van der Waals surface area contributed by atoms with Gasteiger partial charge in [-0.3, -0.25) is 4.79 Å². The van der Waals surface area contributed by atoms with Gasteiger partial charge in [0.25, 0.3) is 0 Å². The number of aromatic carboxylic acids is 1. The van der Waals surface area contributed by atoms with E-state index in [4.69, 9.17) is 21.1 Å². The van der Waals surface area contributed by atoms with E-state index in [9.17, 15) is 9.59 Å². The summed E-state index contributed by atoms with van der Waals surface area (Å²) in [7, 11) is 0. The molecule has 0 aliphatic carbocycles. The number of hydrogen-bond acceptors (Lipinski definition) is 4. The molecule has 0 fully saturated rings. The number of carboxylic acid groups (broad SMARTS) is 1. The number of carbonyl (C=O) groups is 2. The van der Waals surface area contributed by atoms with Crippen LogP contribution in [0.25, 0.3) is 5.69 Å². The van der Waals surface area contributed by atoms with Crippen LogP contribution >= 0.6 is 11.6 Å². The maximum Gasteiger partial charge on any atom is 0.337 e. The van der Waals surface area contributed by atoms with Crippen molar-refractivity contribution in [2.45, 2.75) is 13.8 Å². The van der Waals surface area contributed by atoms with Gasteiger partial charge in [0.15, 0.2) is 5.76 Å². The second-order valence-electron chi connectivity index (χ2n) is 5.81. The molecule has 2 heterocycles. The molecule has 8 heteroatoms. The molecule has 27 heavy (non-hydrogen) atoms. The van der Waals surface area contributed by atoms with Gasteiger partial charge in [-0.2, -0.15) is 5.10 Å². The van der Waals surface area contributed by atoms with E-state index in [1.807, 2.05) is 24.5 Å². The van der Waals surface area contributed by atoms with E-state index in [0.29, 0.717) is 0 Å². The highest BCUT2D eigenvalue weighted by Gasteiger charge is 2.14. The smallest absolute Gasteiger partial charge is 0.337 e. The van der Waals surface area contributed by atoms with Crippen LogP contribution in [-0.2, 0) is 0 Å². The maximum absolute atomic E-state index is 11.8. The number of hydrazone groups is 1. The Labute approximate surface area is 159 Å². The summed E-state index contributed by atoms with van der Waals surface area (Å²) >= 11 is 6.08. The summed E-state index contributed by atoms with van der Waals surface area (Å²) in [6.45, 7) is 3.80. The maximum atomic E-state index is 11.8. The summed E-state index contributed by atoms with van der Waals surface area (Å²) in [4.78, 5) is 22.9. The van der Waals surface area contributed by atoms with Crippen molar-refractivity contribution in [1.29, 1.82) is 0 Å². The van der Waals surface area contributed by atoms with Gasteiger partial charge in [0.2, 0.25) is 0 Å². The molecular weight excluding hydrogens is 370 g/mol. The van der Waals surface area contributed by atoms with E-state index in [1.165, 1.54) is 18.5 Å². The summed E-state index contributed by atoms with van der Waals surface area (Å²) in [5, 5.41) is 13.2. The molecule has 0 aliphatic rings. The lowest BCUT2D eigenvalue weighted by molar-refractivity contribution is 0.0696. The Balaban J connectivity index is 1.84. The van der Waals surface area contributed by atoms with Gasteiger partial charge in [0, 0.05) is 22.6 Å². The highest BCUT2D eigenvalue weighted by atomic mass is 35.5. The summed E-state index contributed by atoms with van der Waals surface area (Å²) in [6.07, 6.45) is 2.94. The number of halogens is 1.